The Bertz CT molecular complexity index is 1210. The molecule has 1 saturated carbocycles. The van der Waals surface area contributed by atoms with Gasteiger partial charge in [0.15, 0.2) is 0 Å². The molecule has 0 aromatic heterocycles. The molecule has 2 aliphatic carbocycles. The van der Waals surface area contributed by atoms with E-state index in [0.29, 0.717) is 22.7 Å². The highest BCUT2D eigenvalue weighted by Gasteiger charge is 2.36. The van der Waals surface area contributed by atoms with E-state index in [2.05, 4.69) is 10.00 Å². The highest BCUT2D eigenvalue weighted by Crippen LogP contribution is 2.46. The van der Waals surface area contributed by atoms with Crippen LogP contribution < -0.4 is 10.9 Å². The van der Waals surface area contributed by atoms with E-state index in [-0.39, 0.29) is 21.6 Å². The van der Waals surface area contributed by atoms with Crippen LogP contribution in [0.25, 0.3) is 10.8 Å². The third-order valence-electron chi connectivity index (χ3n) is 7.22. The fourth-order valence-corrected chi connectivity index (χ4v) is 5.49. The van der Waals surface area contributed by atoms with E-state index in [1.54, 1.807) is 24.3 Å². The van der Waals surface area contributed by atoms with Gasteiger partial charge in [0.25, 0.3) is 0 Å². The predicted molar refractivity (Wildman–Crippen MR) is 110 cm³/mol. The lowest BCUT2D eigenvalue weighted by molar-refractivity contribution is 0.0646. The van der Waals surface area contributed by atoms with E-state index in [1.807, 2.05) is 0 Å². The van der Waals surface area contributed by atoms with Crippen molar-refractivity contribution >= 4 is 10.8 Å². The Labute approximate surface area is 168 Å². The average molecular weight is 396 g/mol. The monoisotopic (exact) mass is 396 g/mol. The number of aromatic amines is 1. The molecule has 1 saturated heterocycles. The molecular weight excluding hydrogens is 368 g/mol. The molecule has 5 rings (SSSR count). The van der Waals surface area contributed by atoms with Crippen LogP contribution in [-0.2, 0) is 6.54 Å². The first-order valence-corrected chi connectivity index (χ1v) is 10.8. The molecule has 0 atom stereocenters. The van der Waals surface area contributed by atoms with Crippen LogP contribution in [0.1, 0.15) is 44.9 Å². The summed E-state index contributed by atoms with van der Waals surface area (Å²) in [6.45, 7) is 3.69. The summed E-state index contributed by atoms with van der Waals surface area (Å²) >= 11 is 0. The molecule has 0 bridgehead atoms. The number of benzene rings is 1. The second kappa shape index (κ2) is 7.06. The number of hydrogen-bond donors (Lipinski definition) is 2. The highest BCUT2D eigenvalue weighted by molar-refractivity contribution is 5.81. The molecule has 2 aliphatic heterocycles. The summed E-state index contributed by atoms with van der Waals surface area (Å²) in [5.41, 5.74) is 0.134. The number of aromatic nitrogens is 3. The van der Waals surface area contributed by atoms with Gasteiger partial charge in [-0.1, -0.05) is 42.1 Å². The number of rotatable bonds is 4. The molecule has 29 heavy (non-hydrogen) atoms. The summed E-state index contributed by atoms with van der Waals surface area (Å²) in [6, 6.07) is 6.82. The number of H-pyrrole nitrogens is 1. The maximum atomic E-state index is 13.0. The Morgan fingerprint density at radius 2 is 1.59 bits per heavy atom. The summed E-state index contributed by atoms with van der Waals surface area (Å²) in [4.78, 5) is 29.0. The molecule has 2 heterocycles. The normalized spacial score (nSPS) is 19.6. The van der Waals surface area contributed by atoms with Gasteiger partial charge in [-0.3, -0.25) is 9.59 Å². The Hall–Kier alpha value is -2.54. The fourth-order valence-electron chi connectivity index (χ4n) is 5.49. The molecule has 1 spiro atoms. The van der Waals surface area contributed by atoms with Crippen LogP contribution in [0.2, 0.25) is 0 Å². The molecule has 1 aromatic rings. The molecule has 2 N–H and O–H groups in total. The summed E-state index contributed by atoms with van der Waals surface area (Å²) in [5, 5.41) is 14.2. The third kappa shape index (κ3) is 3.08. The van der Waals surface area contributed by atoms with Gasteiger partial charge in [0.1, 0.15) is 10.7 Å². The van der Waals surface area contributed by atoms with Crippen LogP contribution in [0.3, 0.4) is 0 Å². The molecule has 7 heteroatoms. The fraction of sp³-hybridized carbons (Fsp3) is 0.545. The van der Waals surface area contributed by atoms with Crippen LogP contribution in [0.5, 0.6) is 0 Å². The average Bonchev–Trinajstić information content (AvgIpc) is 3.33. The first-order valence-electron chi connectivity index (χ1n) is 10.8. The second-order valence-electron chi connectivity index (χ2n) is 8.85. The van der Waals surface area contributed by atoms with Gasteiger partial charge in [0, 0.05) is 17.3 Å². The molecule has 0 amide bonds. The second-order valence-corrected chi connectivity index (χ2v) is 8.85. The van der Waals surface area contributed by atoms with Crippen molar-refractivity contribution in [2.75, 3.05) is 19.6 Å². The van der Waals surface area contributed by atoms with Gasteiger partial charge in [-0.25, -0.2) is 9.78 Å². The van der Waals surface area contributed by atoms with Gasteiger partial charge in [0.05, 0.1) is 0 Å². The van der Waals surface area contributed by atoms with E-state index in [0.717, 1.165) is 31.0 Å². The van der Waals surface area contributed by atoms with Crippen molar-refractivity contribution in [1.29, 1.82) is 0 Å². The largest absolute Gasteiger partial charge is 0.399 e. The van der Waals surface area contributed by atoms with E-state index < -0.39 is 0 Å². The van der Waals surface area contributed by atoms with Gasteiger partial charge in [-0.05, 0) is 57.2 Å². The summed E-state index contributed by atoms with van der Waals surface area (Å²) < 4.78 is 1.49. The lowest BCUT2D eigenvalue weighted by Gasteiger charge is -2.39. The predicted octanol–water partition coefficient (Wildman–Crippen LogP) is 2.50. The van der Waals surface area contributed by atoms with Gasteiger partial charge < -0.3 is 10.1 Å². The number of hydrogen-bond acceptors (Lipinski definition) is 4. The topological polar surface area (TPSA) is 83.3 Å². The van der Waals surface area contributed by atoms with Crippen molar-refractivity contribution in [3.63, 3.8) is 0 Å². The molecule has 1 aromatic carbocycles. The van der Waals surface area contributed by atoms with E-state index in [1.165, 1.54) is 43.2 Å². The van der Waals surface area contributed by atoms with Crippen LogP contribution in [0.15, 0.2) is 33.9 Å². The smallest absolute Gasteiger partial charge is 0.214 e. The molecular formula is C22H28N4O3. The van der Waals surface area contributed by atoms with E-state index >= 15 is 0 Å². The number of nitrogens with zero attached hydrogens (tertiary/aromatic N) is 3. The SMILES string of the molecule is O=c1c2[nH]n(O)n(CCCN3CCC4(CCCC4)CC3)c=2c(=O)c2ccccc12. The first kappa shape index (κ1) is 18.5. The molecule has 2 fully saturated rings. The van der Waals surface area contributed by atoms with E-state index in [9.17, 15) is 14.8 Å². The highest BCUT2D eigenvalue weighted by atomic mass is 16.5. The number of likely N-dealkylation sites (tertiary alicyclic amines) is 1. The zero-order valence-electron chi connectivity index (χ0n) is 16.7. The minimum absolute atomic E-state index is 0.164. The maximum absolute atomic E-state index is 13.0. The van der Waals surface area contributed by atoms with Gasteiger partial charge in [-0.15, -0.1) is 0 Å². The standard InChI is InChI=1S/C22H28N4O3/c27-20-16-6-1-2-7-17(16)21(28)19-18(20)23-26(29)25(19)13-5-12-24-14-10-22(11-15-24)8-3-4-9-22/h1-2,6-7,23,29H,3-5,8-15H2. The molecule has 4 aliphatic rings. The molecule has 0 radical (unpaired) electrons. The lowest BCUT2D eigenvalue weighted by Crippen LogP contribution is -2.39. The van der Waals surface area contributed by atoms with Crippen molar-refractivity contribution in [3.8, 4) is 0 Å². The van der Waals surface area contributed by atoms with Crippen molar-refractivity contribution in [2.45, 2.75) is 51.5 Å². The lowest BCUT2D eigenvalue weighted by atomic mass is 9.77. The molecule has 154 valence electrons. The Kier molecular flexibility index (Phi) is 4.50. The zero-order valence-corrected chi connectivity index (χ0v) is 16.7. The van der Waals surface area contributed by atoms with E-state index in [4.69, 9.17) is 0 Å². The quantitative estimate of drug-likeness (QED) is 0.664. The van der Waals surface area contributed by atoms with Gasteiger partial charge in [0.2, 0.25) is 10.9 Å². The van der Waals surface area contributed by atoms with Crippen LogP contribution >= 0.6 is 0 Å². The Morgan fingerprint density at radius 1 is 0.931 bits per heavy atom. The van der Waals surface area contributed by atoms with Crippen molar-refractivity contribution in [3.05, 3.63) is 55.4 Å². The summed E-state index contributed by atoms with van der Waals surface area (Å²) in [5.74, 6) is 0. The van der Waals surface area contributed by atoms with Crippen molar-refractivity contribution in [2.24, 2.45) is 5.41 Å². The maximum Gasteiger partial charge on any atom is 0.214 e. The van der Waals surface area contributed by atoms with Crippen LogP contribution in [-0.4, -0.2) is 44.5 Å². The summed E-state index contributed by atoms with van der Waals surface area (Å²) in [6.07, 6.45) is 8.98. The van der Waals surface area contributed by atoms with Crippen molar-refractivity contribution in [1.82, 2.24) is 19.6 Å². The number of nitrogens with one attached hydrogen (secondary N) is 1. The zero-order chi connectivity index (χ0) is 20.0. The first-order chi connectivity index (χ1) is 14.1. The number of fused-ring (bicyclic) bond motifs is 1. The Morgan fingerprint density at radius 3 is 2.28 bits per heavy atom. The third-order valence-corrected chi connectivity index (χ3v) is 7.22. The van der Waals surface area contributed by atoms with Crippen LogP contribution in [0.4, 0.5) is 0 Å². The van der Waals surface area contributed by atoms with Crippen LogP contribution in [0, 0.1) is 16.1 Å². The Balaban J connectivity index is 1.35. The van der Waals surface area contributed by atoms with Gasteiger partial charge >= 0.3 is 0 Å². The molecule has 0 unspecified atom stereocenters. The minimum Gasteiger partial charge on any atom is -0.399 e. The summed E-state index contributed by atoms with van der Waals surface area (Å²) in [7, 11) is 0. The minimum atomic E-state index is -0.255. The van der Waals surface area contributed by atoms with Gasteiger partial charge in [-0.2, -0.15) is 0 Å². The number of piperidine rings is 1. The molecule has 7 nitrogen and oxygen atoms in total. The van der Waals surface area contributed by atoms with Crippen molar-refractivity contribution < 1.29 is 5.21 Å².